The van der Waals surface area contributed by atoms with E-state index in [4.69, 9.17) is 0 Å². The molecule has 0 spiro atoms. The lowest BCUT2D eigenvalue weighted by molar-refractivity contribution is -0.125. The van der Waals surface area contributed by atoms with Crippen molar-refractivity contribution in [1.82, 2.24) is 14.7 Å². The highest BCUT2D eigenvalue weighted by Gasteiger charge is 2.32. The molecule has 1 aromatic heterocycles. The molecular weight excluding hydrogens is 489 g/mol. The molecule has 1 amide bonds. The molecule has 0 bridgehead atoms. The van der Waals surface area contributed by atoms with Crippen LogP contribution in [-0.2, 0) is 14.8 Å². The van der Waals surface area contributed by atoms with Crippen LogP contribution in [0, 0.1) is 11.7 Å². The molecule has 2 N–H and O–H groups in total. The molecule has 2 heterocycles. The molecule has 1 fully saturated rings. The Morgan fingerprint density at radius 1 is 1.26 bits per heavy atom. The summed E-state index contributed by atoms with van der Waals surface area (Å²) >= 11 is 0.966. The molecule has 8 nitrogen and oxygen atoms in total. The van der Waals surface area contributed by atoms with Gasteiger partial charge in [0.25, 0.3) is 10.0 Å². The van der Waals surface area contributed by atoms with Crippen molar-refractivity contribution in [1.29, 1.82) is 0 Å². The summed E-state index contributed by atoms with van der Waals surface area (Å²) < 4.78 is 45.3. The van der Waals surface area contributed by atoms with Gasteiger partial charge in [-0.2, -0.15) is 4.37 Å². The van der Waals surface area contributed by atoms with Crippen LogP contribution < -0.4 is 14.9 Å². The van der Waals surface area contributed by atoms with Gasteiger partial charge in [-0.15, -0.1) is 0 Å². The maximum absolute atomic E-state index is 14.0. The Bertz CT molecular complexity index is 1370. The van der Waals surface area contributed by atoms with Crippen LogP contribution in [0.2, 0.25) is 0 Å². The number of fused-ring (bicyclic) bond motifs is 1. The van der Waals surface area contributed by atoms with Crippen molar-refractivity contribution in [3.8, 4) is 0 Å². The Balaban J connectivity index is 0.00000190. The molecule has 3 aromatic rings. The Labute approximate surface area is 210 Å². The minimum Gasteiger partial charge on any atom is -0.369 e. The molecule has 1 aliphatic heterocycles. The van der Waals surface area contributed by atoms with E-state index in [1.165, 1.54) is 12.4 Å². The maximum atomic E-state index is 14.0. The van der Waals surface area contributed by atoms with Crippen LogP contribution in [0.15, 0.2) is 59.8 Å². The molecule has 0 saturated carbocycles. The van der Waals surface area contributed by atoms with Crippen LogP contribution in [0.3, 0.4) is 0 Å². The molecule has 3 atom stereocenters. The minimum absolute atomic E-state index is 0. The number of carbonyl (C=O) groups excluding carboxylic acids is 1. The van der Waals surface area contributed by atoms with Gasteiger partial charge in [-0.25, -0.2) is 17.8 Å². The average Bonchev–Trinajstić information content (AvgIpc) is 3.60. The Morgan fingerprint density at radius 2 is 2.06 bits per heavy atom. The zero-order valence-electron chi connectivity index (χ0n) is 18.9. The SMILES string of the molecule is C[C@H](C(=O)N[C@@H]1CCN(c2ccc(S(=O)(=O)Nc3ncns3)cc2)C1)C1C=Cc2c(F)cccc21.[HH].[HH]. The number of hydrogen-bond acceptors (Lipinski definition) is 7. The van der Waals surface area contributed by atoms with Crippen LogP contribution in [0.5, 0.6) is 0 Å². The second-order valence-corrected chi connectivity index (χ2v) is 11.2. The van der Waals surface area contributed by atoms with Crippen LogP contribution in [-0.4, -0.2) is 42.8 Å². The van der Waals surface area contributed by atoms with Crippen molar-refractivity contribution in [3.05, 3.63) is 71.8 Å². The van der Waals surface area contributed by atoms with Gasteiger partial charge >= 0.3 is 0 Å². The van der Waals surface area contributed by atoms with Crippen molar-refractivity contribution >= 4 is 44.4 Å². The van der Waals surface area contributed by atoms with Crippen LogP contribution in [0.25, 0.3) is 6.08 Å². The summed E-state index contributed by atoms with van der Waals surface area (Å²) in [6.45, 7) is 3.23. The standard InChI is InChI=1S/C24H24FN5O3S2.2H2/c1-15(19-9-10-21-20(19)3-2-4-22(21)25)23(31)28-16-11-12-30(13-16)17-5-7-18(8-6-17)35(32,33)29-24-26-14-27-34-24;;/h2-10,14-16,19H,11-13H2,1H3,(H,28,31)(H,26,27,29);2*1H/t15-,16+,19?;;/m0../s1. The number of rotatable bonds is 7. The van der Waals surface area contributed by atoms with Crippen molar-refractivity contribution in [3.63, 3.8) is 0 Å². The van der Waals surface area contributed by atoms with Gasteiger partial charge in [-0.05, 0) is 42.3 Å². The van der Waals surface area contributed by atoms with E-state index >= 15 is 0 Å². The van der Waals surface area contributed by atoms with E-state index in [1.807, 2.05) is 19.1 Å². The Morgan fingerprint density at radius 3 is 2.80 bits per heavy atom. The quantitative estimate of drug-likeness (QED) is 0.489. The smallest absolute Gasteiger partial charge is 0.263 e. The van der Waals surface area contributed by atoms with E-state index in [-0.39, 0.29) is 42.5 Å². The summed E-state index contributed by atoms with van der Waals surface area (Å²) in [5.41, 5.74) is 2.29. The van der Waals surface area contributed by atoms with Gasteiger partial charge in [0, 0.05) is 56.6 Å². The normalized spacial score (nSPS) is 20.0. The fraction of sp³-hybridized carbons (Fsp3) is 0.292. The van der Waals surface area contributed by atoms with E-state index in [9.17, 15) is 17.6 Å². The number of benzene rings is 2. The molecule has 186 valence electrons. The lowest BCUT2D eigenvalue weighted by Crippen LogP contribution is -2.41. The third-order valence-corrected chi connectivity index (χ3v) is 8.56. The first-order chi connectivity index (χ1) is 16.8. The van der Waals surface area contributed by atoms with Crippen LogP contribution in [0.1, 0.15) is 33.2 Å². The molecule has 1 unspecified atom stereocenters. The van der Waals surface area contributed by atoms with Gasteiger partial charge in [0.2, 0.25) is 11.0 Å². The second kappa shape index (κ2) is 9.38. The van der Waals surface area contributed by atoms with Gasteiger partial charge in [-0.3, -0.25) is 9.52 Å². The monoisotopic (exact) mass is 517 g/mol. The van der Waals surface area contributed by atoms with E-state index in [1.54, 1.807) is 36.4 Å². The van der Waals surface area contributed by atoms with Crippen molar-refractivity contribution in [2.75, 3.05) is 22.7 Å². The molecule has 35 heavy (non-hydrogen) atoms. The topological polar surface area (TPSA) is 104 Å². The first-order valence-electron chi connectivity index (χ1n) is 11.2. The second-order valence-electron chi connectivity index (χ2n) is 8.70. The predicted octanol–water partition coefficient (Wildman–Crippen LogP) is 4.11. The zero-order valence-corrected chi connectivity index (χ0v) is 20.5. The highest BCUT2D eigenvalue weighted by atomic mass is 32.2. The predicted molar refractivity (Wildman–Crippen MR) is 137 cm³/mol. The first-order valence-corrected chi connectivity index (χ1v) is 13.5. The third-order valence-electron chi connectivity index (χ3n) is 6.50. The van der Waals surface area contributed by atoms with E-state index in [2.05, 4.69) is 24.3 Å². The molecule has 1 saturated heterocycles. The number of carbonyl (C=O) groups is 1. The van der Waals surface area contributed by atoms with Gasteiger partial charge in [0.15, 0.2) is 0 Å². The van der Waals surface area contributed by atoms with Gasteiger partial charge < -0.3 is 10.2 Å². The number of allylic oxidation sites excluding steroid dienone is 1. The summed E-state index contributed by atoms with van der Waals surface area (Å²) in [6, 6.07) is 11.6. The molecule has 11 heteroatoms. The fourth-order valence-electron chi connectivity index (χ4n) is 4.60. The summed E-state index contributed by atoms with van der Waals surface area (Å²) in [6.07, 6.45) is 5.72. The third kappa shape index (κ3) is 4.78. The van der Waals surface area contributed by atoms with Crippen LogP contribution >= 0.6 is 11.5 Å². The average molecular weight is 518 g/mol. The lowest BCUT2D eigenvalue weighted by Gasteiger charge is -2.23. The largest absolute Gasteiger partial charge is 0.369 e. The highest BCUT2D eigenvalue weighted by Crippen LogP contribution is 2.37. The summed E-state index contributed by atoms with van der Waals surface area (Å²) in [5.74, 6) is -0.808. The summed E-state index contributed by atoms with van der Waals surface area (Å²) in [5, 5.41) is 3.35. The van der Waals surface area contributed by atoms with Crippen molar-refractivity contribution < 1.29 is 20.5 Å². The van der Waals surface area contributed by atoms with Gasteiger partial charge in [-0.1, -0.05) is 31.2 Å². The summed E-state index contributed by atoms with van der Waals surface area (Å²) in [7, 11) is -3.74. The Kier molecular flexibility index (Phi) is 6.28. The number of anilines is 2. The maximum Gasteiger partial charge on any atom is 0.263 e. The van der Waals surface area contributed by atoms with Gasteiger partial charge in [0.05, 0.1) is 4.90 Å². The molecule has 0 radical (unpaired) electrons. The number of hydrogen-bond donors (Lipinski definition) is 2. The number of halogens is 1. The molecule has 2 aliphatic rings. The first kappa shape index (κ1) is 23.4. The molecule has 2 aromatic carbocycles. The number of sulfonamides is 1. The molecule has 1 aliphatic carbocycles. The molecule has 5 rings (SSSR count). The van der Waals surface area contributed by atoms with Gasteiger partial charge in [0.1, 0.15) is 12.1 Å². The number of nitrogens with one attached hydrogen (secondary N) is 2. The molecular formula is C24H28FN5O3S2. The highest BCUT2D eigenvalue weighted by molar-refractivity contribution is 7.93. The number of nitrogens with zero attached hydrogens (tertiary/aromatic N) is 3. The summed E-state index contributed by atoms with van der Waals surface area (Å²) in [4.78, 5) is 19.1. The van der Waals surface area contributed by atoms with Crippen molar-refractivity contribution in [2.24, 2.45) is 5.92 Å². The fourth-order valence-corrected chi connectivity index (χ4v) is 6.26. The van der Waals surface area contributed by atoms with E-state index < -0.39 is 10.0 Å². The van der Waals surface area contributed by atoms with E-state index in [0.717, 1.165) is 35.7 Å². The number of amides is 1. The zero-order chi connectivity index (χ0) is 24.6. The lowest BCUT2D eigenvalue weighted by atomic mass is 9.88. The number of aromatic nitrogens is 2. The Hall–Kier alpha value is -3.31. The van der Waals surface area contributed by atoms with Crippen molar-refractivity contribution in [2.45, 2.75) is 30.2 Å². The van der Waals surface area contributed by atoms with Crippen LogP contribution in [0.4, 0.5) is 15.2 Å². The minimum atomic E-state index is -3.74. The van der Waals surface area contributed by atoms with E-state index in [0.29, 0.717) is 12.1 Å².